The summed E-state index contributed by atoms with van der Waals surface area (Å²) in [6, 6.07) is 3.46. The highest BCUT2D eigenvalue weighted by atomic mass is 19.1. The van der Waals surface area contributed by atoms with Crippen LogP contribution in [0.15, 0.2) is 18.2 Å². The van der Waals surface area contributed by atoms with Gasteiger partial charge in [0.15, 0.2) is 0 Å². The number of hydrogen-bond acceptors (Lipinski definition) is 4. The Labute approximate surface area is 111 Å². The standard InChI is InChI=1S/C13H19FN2O3/c1-2-3-6-15(7-8-17)10-11-9-12(14)4-5-13(11)16(18)19/h4-5,9,17H,2-3,6-8,10H2,1H3. The lowest BCUT2D eigenvalue weighted by Crippen LogP contribution is -2.28. The number of aliphatic hydroxyl groups is 1. The Kier molecular flexibility index (Phi) is 6.38. The topological polar surface area (TPSA) is 66.6 Å². The highest BCUT2D eigenvalue weighted by Crippen LogP contribution is 2.21. The molecule has 0 aliphatic heterocycles. The average Bonchev–Trinajstić information content (AvgIpc) is 2.36. The molecule has 106 valence electrons. The van der Waals surface area contributed by atoms with Crippen LogP contribution in [0.5, 0.6) is 0 Å². The second-order valence-corrected chi connectivity index (χ2v) is 4.38. The van der Waals surface area contributed by atoms with Crippen LogP contribution in [-0.4, -0.2) is 34.6 Å². The first kappa shape index (κ1) is 15.5. The van der Waals surface area contributed by atoms with Gasteiger partial charge in [-0.1, -0.05) is 13.3 Å². The van der Waals surface area contributed by atoms with Crippen LogP contribution in [0.2, 0.25) is 0 Å². The number of unbranched alkanes of at least 4 members (excludes halogenated alkanes) is 1. The minimum absolute atomic E-state index is 0.0210. The van der Waals surface area contributed by atoms with E-state index in [1.54, 1.807) is 0 Å². The molecular weight excluding hydrogens is 251 g/mol. The van der Waals surface area contributed by atoms with Gasteiger partial charge in [0.05, 0.1) is 11.5 Å². The van der Waals surface area contributed by atoms with E-state index in [1.807, 2.05) is 11.8 Å². The second kappa shape index (κ2) is 7.81. The number of nitro benzene ring substituents is 1. The Bertz CT molecular complexity index is 426. The van der Waals surface area contributed by atoms with Crippen LogP contribution in [0, 0.1) is 15.9 Å². The molecule has 6 heteroatoms. The first-order chi connectivity index (χ1) is 9.08. The number of halogens is 1. The van der Waals surface area contributed by atoms with Crippen LogP contribution in [-0.2, 0) is 6.54 Å². The van der Waals surface area contributed by atoms with Gasteiger partial charge in [-0.15, -0.1) is 0 Å². The molecule has 0 amide bonds. The van der Waals surface area contributed by atoms with Crippen molar-refractivity contribution in [1.29, 1.82) is 0 Å². The second-order valence-electron chi connectivity index (χ2n) is 4.38. The summed E-state index contributed by atoms with van der Waals surface area (Å²) in [6.07, 6.45) is 1.93. The van der Waals surface area contributed by atoms with E-state index in [2.05, 4.69) is 0 Å². The molecule has 0 spiro atoms. The lowest BCUT2D eigenvalue weighted by molar-refractivity contribution is -0.385. The number of hydrogen-bond donors (Lipinski definition) is 1. The van der Waals surface area contributed by atoms with E-state index in [9.17, 15) is 14.5 Å². The summed E-state index contributed by atoms with van der Waals surface area (Å²) in [6.45, 7) is 3.45. The molecule has 0 saturated carbocycles. The van der Waals surface area contributed by atoms with Crippen molar-refractivity contribution in [2.24, 2.45) is 0 Å². The van der Waals surface area contributed by atoms with Crippen molar-refractivity contribution in [3.05, 3.63) is 39.7 Å². The Morgan fingerprint density at radius 3 is 2.74 bits per heavy atom. The molecule has 0 aliphatic carbocycles. The fourth-order valence-electron chi connectivity index (χ4n) is 1.89. The molecule has 0 bridgehead atoms. The number of benzene rings is 1. The van der Waals surface area contributed by atoms with Crippen molar-refractivity contribution in [2.45, 2.75) is 26.3 Å². The first-order valence-electron chi connectivity index (χ1n) is 6.34. The minimum atomic E-state index is -0.508. The van der Waals surface area contributed by atoms with Gasteiger partial charge in [0.25, 0.3) is 5.69 Å². The van der Waals surface area contributed by atoms with E-state index in [0.29, 0.717) is 12.1 Å². The zero-order chi connectivity index (χ0) is 14.3. The molecule has 0 radical (unpaired) electrons. The summed E-state index contributed by atoms with van der Waals surface area (Å²) in [5.41, 5.74) is 0.260. The van der Waals surface area contributed by atoms with Gasteiger partial charge in [0.1, 0.15) is 5.82 Å². The molecule has 0 aromatic heterocycles. The largest absolute Gasteiger partial charge is 0.395 e. The van der Waals surface area contributed by atoms with Crippen LogP contribution in [0.1, 0.15) is 25.3 Å². The van der Waals surface area contributed by atoms with Crippen molar-refractivity contribution in [3.8, 4) is 0 Å². The summed E-state index contributed by atoms with van der Waals surface area (Å²) in [7, 11) is 0. The van der Waals surface area contributed by atoms with Crippen molar-refractivity contribution >= 4 is 5.69 Å². The van der Waals surface area contributed by atoms with Crippen LogP contribution >= 0.6 is 0 Å². The van der Waals surface area contributed by atoms with Gasteiger partial charge in [0, 0.05) is 24.7 Å². The van der Waals surface area contributed by atoms with Gasteiger partial charge >= 0.3 is 0 Å². The Morgan fingerprint density at radius 1 is 1.42 bits per heavy atom. The SMILES string of the molecule is CCCCN(CCO)Cc1cc(F)ccc1[N+](=O)[O-]. The minimum Gasteiger partial charge on any atom is -0.395 e. The van der Waals surface area contributed by atoms with Gasteiger partial charge in [0.2, 0.25) is 0 Å². The monoisotopic (exact) mass is 270 g/mol. The van der Waals surface area contributed by atoms with Crippen molar-refractivity contribution in [2.75, 3.05) is 19.7 Å². The highest BCUT2D eigenvalue weighted by molar-refractivity contribution is 5.40. The molecular formula is C13H19FN2O3. The van der Waals surface area contributed by atoms with E-state index in [1.165, 1.54) is 12.1 Å². The molecule has 1 N–H and O–H groups in total. The molecule has 0 saturated heterocycles. The average molecular weight is 270 g/mol. The lowest BCUT2D eigenvalue weighted by Gasteiger charge is -2.20. The lowest BCUT2D eigenvalue weighted by atomic mass is 10.1. The predicted molar refractivity (Wildman–Crippen MR) is 70.3 cm³/mol. The summed E-state index contributed by atoms with van der Waals surface area (Å²) in [4.78, 5) is 12.3. The molecule has 0 aliphatic rings. The summed E-state index contributed by atoms with van der Waals surface area (Å²) in [5.74, 6) is -0.486. The van der Waals surface area contributed by atoms with Gasteiger partial charge in [-0.25, -0.2) is 4.39 Å². The van der Waals surface area contributed by atoms with E-state index in [-0.39, 0.29) is 18.8 Å². The number of aliphatic hydroxyl groups excluding tert-OH is 1. The van der Waals surface area contributed by atoms with Gasteiger partial charge < -0.3 is 5.11 Å². The quantitative estimate of drug-likeness (QED) is 0.581. The third-order valence-electron chi connectivity index (χ3n) is 2.88. The van der Waals surface area contributed by atoms with Crippen LogP contribution in [0.3, 0.4) is 0 Å². The van der Waals surface area contributed by atoms with Gasteiger partial charge in [-0.2, -0.15) is 0 Å². The maximum Gasteiger partial charge on any atom is 0.274 e. The van der Waals surface area contributed by atoms with E-state index in [0.717, 1.165) is 25.5 Å². The van der Waals surface area contributed by atoms with E-state index < -0.39 is 10.7 Å². The number of rotatable bonds is 8. The smallest absolute Gasteiger partial charge is 0.274 e. The molecule has 0 unspecified atom stereocenters. The molecule has 1 aromatic carbocycles. The Balaban J connectivity index is 2.87. The molecule has 0 heterocycles. The Morgan fingerprint density at radius 2 is 2.16 bits per heavy atom. The maximum atomic E-state index is 13.2. The zero-order valence-corrected chi connectivity index (χ0v) is 11.0. The number of nitrogens with zero attached hydrogens (tertiary/aromatic N) is 2. The highest BCUT2D eigenvalue weighted by Gasteiger charge is 2.17. The maximum absolute atomic E-state index is 13.2. The van der Waals surface area contributed by atoms with E-state index >= 15 is 0 Å². The molecule has 1 aromatic rings. The number of nitro groups is 1. The fourth-order valence-corrected chi connectivity index (χ4v) is 1.89. The summed E-state index contributed by atoms with van der Waals surface area (Å²) in [5, 5.41) is 19.9. The van der Waals surface area contributed by atoms with Crippen molar-refractivity contribution < 1.29 is 14.4 Å². The van der Waals surface area contributed by atoms with Crippen LogP contribution in [0.25, 0.3) is 0 Å². The molecule has 19 heavy (non-hydrogen) atoms. The third-order valence-corrected chi connectivity index (χ3v) is 2.88. The molecule has 0 fully saturated rings. The van der Waals surface area contributed by atoms with Crippen LogP contribution < -0.4 is 0 Å². The van der Waals surface area contributed by atoms with Crippen LogP contribution in [0.4, 0.5) is 10.1 Å². The predicted octanol–water partition coefficient (Wildman–Crippen LogP) is 2.33. The fraction of sp³-hybridized carbons (Fsp3) is 0.538. The van der Waals surface area contributed by atoms with Crippen molar-refractivity contribution in [1.82, 2.24) is 4.90 Å². The zero-order valence-electron chi connectivity index (χ0n) is 11.0. The molecule has 0 atom stereocenters. The summed E-state index contributed by atoms with van der Waals surface area (Å²) < 4.78 is 13.2. The third kappa shape index (κ3) is 4.92. The Hall–Kier alpha value is -1.53. The first-order valence-corrected chi connectivity index (χ1v) is 6.34. The molecule has 1 rings (SSSR count). The van der Waals surface area contributed by atoms with E-state index in [4.69, 9.17) is 5.11 Å². The summed E-state index contributed by atoms with van der Waals surface area (Å²) >= 11 is 0. The molecule has 5 nitrogen and oxygen atoms in total. The van der Waals surface area contributed by atoms with Gasteiger partial charge in [-0.3, -0.25) is 15.0 Å². The normalized spacial score (nSPS) is 10.9. The van der Waals surface area contributed by atoms with Gasteiger partial charge in [-0.05, 0) is 25.1 Å². The van der Waals surface area contributed by atoms with Crippen molar-refractivity contribution in [3.63, 3.8) is 0 Å².